The lowest BCUT2D eigenvalue weighted by Crippen LogP contribution is -2.61. The van der Waals surface area contributed by atoms with E-state index in [0.717, 1.165) is 0 Å². The number of rotatable bonds is 20. The van der Waals surface area contributed by atoms with Crippen LogP contribution in [0.5, 0.6) is 0 Å². The lowest BCUT2D eigenvalue weighted by molar-refractivity contribution is -0.152. The van der Waals surface area contributed by atoms with Gasteiger partial charge in [0.05, 0.1) is 54.3 Å². The summed E-state index contributed by atoms with van der Waals surface area (Å²) in [4.78, 5) is 73.6. The van der Waals surface area contributed by atoms with E-state index in [1.54, 1.807) is 32.7 Å². The summed E-state index contributed by atoms with van der Waals surface area (Å²) in [6.07, 6.45) is -1.88. The zero-order chi connectivity index (χ0) is 42.1. The molecule has 2 rings (SSSR count). The van der Waals surface area contributed by atoms with Gasteiger partial charge in [-0.25, -0.2) is 4.39 Å². The summed E-state index contributed by atoms with van der Waals surface area (Å²) in [7, 11) is 8.27. The van der Waals surface area contributed by atoms with Crippen LogP contribution >= 0.6 is 0 Å². The maximum Gasteiger partial charge on any atom is 0.245 e. The van der Waals surface area contributed by atoms with Crippen LogP contribution in [-0.2, 0) is 28.7 Å². The molecule has 0 spiro atoms. The third-order valence-corrected chi connectivity index (χ3v) is 11.3. The number of β-amino-alcohol motifs (C(OH)–C–C–N with tert-alkyl or cyclic N) is 1. The number of likely N-dealkylation sites (tertiary alicyclic amines) is 1. The minimum Gasteiger partial charge on any atom is -0.391 e. The van der Waals surface area contributed by atoms with Crippen molar-refractivity contribution < 1.29 is 42.9 Å². The predicted molar refractivity (Wildman–Crippen MR) is 210 cm³/mol. The number of amides is 4. The molecule has 4 amide bonds. The molecular weight excluding hydrogens is 709 g/mol. The Hall–Kier alpha value is -3.46. The number of carbonyl (C=O) groups is 5. The molecule has 3 N–H and O–H groups in total. The second kappa shape index (κ2) is 20.6. The fraction of sp³-hybridized carbons (Fsp3) is 0.732. The van der Waals surface area contributed by atoms with Gasteiger partial charge in [-0.1, -0.05) is 54.9 Å². The third kappa shape index (κ3) is 11.5. The van der Waals surface area contributed by atoms with Crippen molar-refractivity contribution in [2.75, 3.05) is 41.9 Å². The first-order valence-corrected chi connectivity index (χ1v) is 19.4. The maximum atomic E-state index is 14.4. The molecule has 0 aromatic heterocycles. The van der Waals surface area contributed by atoms with Crippen LogP contribution in [0.4, 0.5) is 4.39 Å². The van der Waals surface area contributed by atoms with Crippen molar-refractivity contribution in [3.05, 3.63) is 35.6 Å². The molecule has 1 heterocycles. The number of benzene rings is 1. The van der Waals surface area contributed by atoms with E-state index in [0.29, 0.717) is 6.42 Å². The third-order valence-electron chi connectivity index (χ3n) is 11.3. The number of carbonyl (C=O) groups excluding carboxylic acids is 5. The fourth-order valence-corrected chi connectivity index (χ4v) is 8.25. The minimum atomic E-state index is -1.13. The second-order valence-electron chi connectivity index (χ2n) is 16.5. The minimum absolute atomic E-state index is 0.00740. The van der Waals surface area contributed by atoms with Crippen LogP contribution in [0.3, 0.4) is 0 Å². The van der Waals surface area contributed by atoms with E-state index in [-0.39, 0.29) is 60.4 Å². The van der Waals surface area contributed by atoms with Crippen LogP contribution in [0.1, 0.15) is 91.9 Å². The molecule has 0 saturated carbocycles. The number of nitrogens with one attached hydrogen (secondary N) is 2. The topological polar surface area (TPSA) is 158 Å². The van der Waals surface area contributed by atoms with Crippen molar-refractivity contribution in [2.45, 2.75) is 130 Å². The Labute approximate surface area is 328 Å². The van der Waals surface area contributed by atoms with Gasteiger partial charge < -0.3 is 35.0 Å². The van der Waals surface area contributed by atoms with Crippen LogP contribution < -0.4 is 10.6 Å². The number of ketones is 1. The van der Waals surface area contributed by atoms with Crippen LogP contribution in [0.25, 0.3) is 0 Å². The molecule has 312 valence electrons. The number of methoxy groups -OCH3 is 2. The number of likely N-dealkylation sites (N-methyl/N-ethyl adjacent to an activating group) is 2. The van der Waals surface area contributed by atoms with E-state index >= 15 is 0 Å². The Kier molecular flexibility index (Phi) is 17.9. The highest BCUT2D eigenvalue weighted by Gasteiger charge is 2.53. The average Bonchev–Trinajstić information content (AvgIpc) is 3.43. The molecule has 1 unspecified atom stereocenters. The highest BCUT2D eigenvalue weighted by molar-refractivity contribution is 6.01. The Balaban J connectivity index is 2.36. The summed E-state index contributed by atoms with van der Waals surface area (Å²) in [5.74, 6) is -3.44. The second-order valence-corrected chi connectivity index (χ2v) is 16.5. The van der Waals surface area contributed by atoms with E-state index in [9.17, 15) is 33.5 Å². The van der Waals surface area contributed by atoms with Gasteiger partial charge >= 0.3 is 0 Å². The van der Waals surface area contributed by atoms with E-state index in [1.807, 2.05) is 60.5 Å². The molecule has 1 saturated heterocycles. The predicted octanol–water partition coefficient (Wildman–Crippen LogP) is 3.52. The Morgan fingerprint density at radius 3 is 1.98 bits per heavy atom. The van der Waals surface area contributed by atoms with E-state index < -0.39 is 71.4 Å². The summed E-state index contributed by atoms with van der Waals surface area (Å²) >= 11 is 0. The Morgan fingerprint density at radius 1 is 0.927 bits per heavy atom. The van der Waals surface area contributed by atoms with E-state index in [2.05, 4.69) is 10.6 Å². The van der Waals surface area contributed by atoms with E-state index in [1.165, 1.54) is 43.4 Å². The molecule has 0 bridgehead atoms. The zero-order valence-corrected chi connectivity index (χ0v) is 35.5. The summed E-state index contributed by atoms with van der Waals surface area (Å²) in [5.41, 5.74) is -0.887. The molecule has 10 atom stereocenters. The number of halogens is 1. The normalized spacial score (nSPS) is 21.7. The smallest absolute Gasteiger partial charge is 0.245 e. The molecule has 1 fully saturated rings. The monoisotopic (exact) mass is 778 g/mol. The Bertz CT molecular complexity index is 1450. The number of nitrogens with zero attached hydrogens (tertiary/aromatic N) is 3. The van der Waals surface area contributed by atoms with E-state index in [4.69, 9.17) is 9.47 Å². The number of ether oxygens (including phenoxy) is 2. The number of hydrogen-bond acceptors (Lipinski definition) is 9. The fourth-order valence-electron chi connectivity index (χ4n) is 8.25. The molecule has 13 nitrogen and oxygen atoms in total. The van der Waals surface area contributed by atoms with Gasteiger partial charge in [0.1, 0.15) is 11.9 Å². The van der Waals surface area contributed by atoms with Gasteiger partial charge in [0.25, 0.3) is 0 Å². The number of Topliss-reactive ketones (excluding diaryl/α,β-unsaturated/α-hetero) is 1. The van der Waals surface area contributed by atoms with Crippen molar-refractivity contribution >= 4 is 29.4 Å². The van der Waals surface area contributed by atoms with Gasteiger partial charge in [-0.3, -0.25) is 28.9 Å². The van der Waals surface area contributed by atoms with Crippen molar-refractivity contribution in [2.24, 2.45) is 23.7 Å². The highest BCUT2D eigenvalue weighted by Crippen LogP contribution is 2.38. The summed E-state index contributed by atoms with van der Waals surface area (Å²) < 4.78 is 25.3. The van der Waals surface area contributed by atoms with Crippen LogP contribution in [-0.4, -0.2) is 139 Å². The van der Waals surface area contributed by atoms with Crippen molar-refractivity contribution in [1.29, 1.82) is 0 Å². The van der Waals surface area contributed by atoms with Gasteiger partial charge in [-0.2, -0.15) is 0 Å². The molecular formula is C41H68FN5O8. The first-order valence-electron chi connectivity index (χ1n) is 19.4. The van der Waals surface area contributed by atoms with Crippen LogP contribution in [0.15, 0.2) is 24.3 Å². The number of hydrogen-bond donors (Lipinski definition) is 3. The lowest BCUT2D eigenvalue weighted by Gasteiger charge is -2.44. The zero-order valence-electron chi connectivity index (χ0n) is 35.5. The maximum absolute atomic E-state index is 14.4. The average molecular weight is 778 g/mol. The molecule has 55 heavy (non-hydrogen) atoms. The van der Waals surface area contributed by atoms with Crippen molar-refractivity contribution in [3.8, 4) is 0 Å². The number of aliphatic hydroxyl groups is 1. The van der Waals surface area contributed by atoms with Gasteiger partial charge in [-0.05, 0) is 70.0 Å². The van der Waals surface area contributed by atoms with Crippen molar-refractivity contribution in [3.63, 3.8) is 0 Å². The van der Waals surface area contributed by atoms with Gasteiger partial charge in [0.2, 0.25) is 23.6 Å². The molecule has 0 radical (unpaired) electrons. The Morgan fingerprint density at radius 2 is 1.51 bits per heavy atom. The van der Waals surface area contributed by atoms with Crippen LogP contribution in [0, 0.1) is 29.5 Å². The van der Waals surface area contributed by atoms with Gasteiger partial charge in [-0.15, -0.1) is 0 Å². The summed E-state index contributed by atoms with van der Waals surface area (Å²) in [6.45, 7) is 16.6. The van der Waals surface area contributed by atoms with Gasteiger partial charge in [0, 0.05) is 39.8 Å². The summed E-state index contributed by atoms with van der Waals surface area (Å²) in [5, 5.41) is 16.7. The highest BCUT2D eigenvalue weighted by atomic mass is 19.1. The van der Waals surface area contributed by atoms with Gasteiger partial charge in [0.15, 0.2) is 5.78 Å². The lowest BCUT2D eigenvalue weighted by atomic mass is 9.82. The molecule has 1 aromatic carbocycles. The molecule has 1 aliphatic rings. The number of aliphatic hydroxyl groups excluding tert-OH is 1. The first kappa shape index (κ1) is 47.7. The standard InChI is InChI=1S/C41H68FN5O8/c1-15-25(6)35(46(12)40(53)33(23(2)3)44-39(52)34(24(4)5)45(10)11)31(54-13)20-32(49)47-22-30(48)21-41(47,9)37(55-14)26(7)38(51)43-27(8)36(50)28-16-18-29(42)19-17-28/h16-19,23-27,30-31,33-35,37,48H,15,20-22H2,1-14H3,(H,43,51)(H,44,52)/t25?,26-,27+,30+,31-,33+,34+,35+,37-,41+/m1/s1. The molecule has 0 aliphatic carbocycles. The molecule has 1 aliphatic heterocycles. The SMILES string of the molecule is CCC(C)[C@@H]([C@@H](CC(=O)N1C[C@@H](O)C[C@@]1(C)[C@H](OC)[C@@H](C)C(=O)N[C@@H](C)C(=O)c1ccc(F)cc1)OC)N(C)C(=O)[C@@H](NC(=O)[C@H](C(C)C)N(C)C)C(C)C. The molecule has 1 aromatic rings. The summed E-state index contributed by atoms with van der Waals surface area (Å²) in [6, 6.07) is 2.33. The van der Waals surface area contributed by atoms with Crippen LogP contribution in [0.2, 0.25) is 0 Å². The quantitative estimate of drug-likeness (QED) is 0.169. The first-order chi connectivity index (χ1) is 25.6. The largest absolute Gasteiger partial charge is 0.391 e. The van der Waals surface area contributed by atoms with Crippen molar-refractivity contribution in [1.82, 2.24) is 25.3 Å². The molecule has 14 heteroatoms.